The summed E-state index contributed by atoms with van der Waals surface area (Å²) >= 11 is 0. The summed E-state index contributed by atoms with van der Waals surface area (Å²) in [5.41, 5.74) is 15.2. The van der Waals surface area contributed by atoms with Crippen LogP contribution in [0.1, 0.15) is 52.2 Å². The number of fused-ring (bicyclic) bond motifs is 7. The Balaban J connectivity index is 1.10. The van der Waals surface area contributed by atoms with Crippen LogP contribution in [0, 0.1) is 5.92 Å². The van der Waals surface area contributed by atoms with Crippen LogP contribution in [-0.2, 0) is 10.8 Å². The van der Waals surface area contributed by atoms with Crippen molar-refractivity contribution in [2.75, 3.05) is 0 Å². The standard InChI is InChI=1S/C60H49N5/c1-38-37-59(2,3)50-34-43(32-33-49(50)60(38,4)5)44-22-12-15-25-51(44)64-52-26-16-13-23-45(52)47-35-48-46-24-14-17-27-53(46)65(55(48)36-54(47)64)58-62-56(41-20-10-7-11-21-41)61-57(63-58)42-30-28-40(29-31-42)39-18-8-6-9-19-39/h6-36,38H,37H2,1-5H3. The van der Waals surface area contributed by atoms with E-state index in [1.807, 2.05) is 24.3 Å². The van der Waals surface area contributed by atoms with Crippen molar-refractivity contribution in [3.8, 4) is 56.7 Å². The van der Waals surface area contributed by atoms with Gasteiger partial charge in [0.1, 0.15) is 0 Å². The predicted molar refractivity (Wildman–Crippen MR) is 270 cm³/mol. The van der Waals surface area contributed by atoms with Crippen LogP contribution in [0.4, 0.5) is 0 Å². The van der Waals surface area contributed by atoms with Gasteiger partial charge in [0.05, 0.1) is 27.8 Å². The number of rotatable bonds is 6. The first kappa shape index (κ1) is 39.0. The molecule has 0 radical (unpaired) electrons. The first-order valence-electron chi connectivity index (χ1n) is 22.8. The summed E-state index contributed by atoms with van der Waals surface area (Å²) < 4.78 is 4.71. The van der Waals surface area contributed by atoms with E-state index in [2.05, 4.69) is 208 Å². The molecule has 0 saturated carbocycles. The number of hydrogen-bond donors (Lipinski definition) is 0. The third-order valence-electron chi connectivity index (χ3n) is 14.5. The van der Waals surface area contributed by atoms with E-state index >= 15 is 0 Å². The molecule has 5 heteroatoms. The smallest absolute Gasteiger partial charge is 0.238 e. The number of hydrogen-bond acceptors (Lipinski definition) is 3. The Morgan fingerprint density at radius 2 is 0.923 bits per heavy atom. The molecule has 1 unspecified atom stereocenters. The summed E-state index contributed by atoms with van der Waals surface area (Å²) in [5, 5.41) is 4.71. The Hall–Kier alpha value is -7.63. The molecule has 12 rings (SSSR count). The van der Waals surface area contributed by atoms with Gasteiger partial charge in [-0.15, -0.1) is 0 Å². The van der Waals surface area contributed by atoms with Crippen molar-refractivity contribution in [1.82, 2.24) is 24.1 Å². The van der Waals surface area contributed by atoms with E-state index in [4.69, 9.17) is 15.0 Å². The average molecular weight is 840 g/mol. The van der Waals surface area contributed by atoms with Gasteiger partial charge in [0.2, 0.25) is 5.95 Å². The highest BCUT2D eigenvalue weighted by atomic mass is 15.2. The summed E-state index contributed by atoms with van der Waals surface area (Å²) in [6.07, 6.45) is 1.16. The minimum absolute atomic E-state index is 0.0714. The van der Waals surface area contributed by atoms with Crippen LogP contribution in [0.15, 0.2) is 188 Å². The Bertz CT molecular complexity index is 3630. The molecule has 3 heterocycles. The Morgan fingerprint density at radius 1 is 0.415 bits per heavy atom. The lowest BCUT2D eigenvalue weighted by Crippen LogP contribution is -2.40. The van der Waals surface area contributed by atoms with E-state index in [1.165, 1.54) is 44.1 Å². The molecule has 0 spiro atoms. The summed E-state index contributed by atoms with van der Waals surface area (Å²) in [4.78, 5) is 15.7. The molecule has 314 valence electrons. The molecule has 65 heavy (non-hydrogen) atoms. The van der Waals surface area contributed by atoms with Crippen LogP contribution in [-0.4, -0.2) is 24.1 Å². The number of para-hydroxylation sites is 3. The molecule has 1 aliphatic carbocycles. The first-order chi connectivity index (χ1) is 31.6. The molecule has 5 nitrogen and oxygen atoms in total. The van der Waals surface area contributed by atoms with Gasteiger partial charge >= 0.3 is 0 Å². The largest absolute Gasteiger partial charge is 0.309 e. The van der Waals surface area contributed by atoms with Crippen molar-refractivity contribution in [1.29, 1.82) is 0 Å². The van der Waals surface area contributed by atoms with Crippen LogP contribution in [0.3, 0.4) is 0 Å². The van der Waals surface area contributed by atoms with Crippen LogP contribution < -0.4 is 0 Å². The quantitative estimate of drug-likeness (QED) is 0.168. The highest BCUT2D eigenvalue weighted by molar-refractivity contribution is 6.19. The molecule has 0 N–H and O–H groups in total. The maximum absolute atomic E-state index is 5.33. The van der Waals surface area contributed by atoms with Gasteiger partial charge in [0.25, 0.3) is 0 Å². The van der Waals surface area contributed by atoms with Gasteiger partial charge in [0.15, 0.2) is 11.6 Å². The first-order valence-corrected chi connectivity index (χ1v) is 22.8. The third-order valence-corrected chi connectivity index (χ3v) is 14.5. The molecule has 1 aliphatic rings. The normalized spacial score (nSPS) is 15.5. The molecule has 0 fully saturated rings. The molecule has 0 amide bonds. The number of benzene rings is 8. The monoisotopic (exact) mass is 839 g/mol. The van der Waals surface area contributed by atoms with Gasteiger partial charge in [-0.2, -0.15) is 9.97 Å². The summed E-state index contributed by atoms with van der Waals surface area (Å²) in [6, 6.07) is 67.6. The second kappa shape index (κ2) is 14.7. The van der Waals surface area contributed by atoms with Gasteiger partial charge in [-0.1, -0.05) is 192 Å². The molecule has 8 aromatic carbocycles. The second-order valence-electron chi connectivity index (χ2n) is 19.2. The van der Waals surface area contributed by atoms with Gasteiger partial charge in [0, 0.05) is 38.2 Å². The molecule has 1 atom stereocenters. The van der Waals surface area contributed by atoms with E-state index in [0.29, 0.717) is 23.5 Å². The lowest BCUT2D eigenvalue weighted by atomic mass is 9.58. The summed E-state index contributed by atoms with van der Waals surface area (Å²) in [5.74, 6) is 2.41. The van der Waals surface area contributed by atoms with E-state index in [0.717, 1.165) is 56.1 Å². The lowest BCUT2D eigenvalue weighted by Gasteiger charge is -2.46. The fraction of sp³-hybridized carbons (Fsp3) is 0.150. The molecule has 3 aromatic heterocycles. The molecular formula is C60H49N5. The fourth-order valence-corrected chi connectivity index (χ4v) is 10.8. The van der Waals surface area contributed by atoms with Crippen molar-refractivity contribution < 1.29 is 0 Å². The van der Waals surface area contributed by atoms with E-state index in [-0.39, 0.29) is 10.8 Å². The van der Waals surface area contributed by atoms with Crippen LogP contribution in [0.5, 0.6) is 0 Å². The Labute approximate surface area is 379 Å². The van der Waals surface area contributed by atoms with Crippen molar-refractivity contribution >= 4 is 43.6 Å². The van der Waals surface area contributed by atoms with E-state index < -0.39 is 0 Å². The van der Waals surface area contributed by atoms with Crippen molar-refractivity contribution in [3.05, 3.63) is 199 Å². The zero-order valence-corrected chi connectivity index (χ0v) is 37.4. The highest BCUT2D eigenvalue weighted by Gasteiger charge is 2.42. The van der Waals surface area contributed by atoms with E-state index in [1.54, 1.807) is 0 Å². The third kappa shape index (κ3) is 6.24. The zero-order valence-electron chi connectivity index (χ0n) is 37.4. The van der Waals surface area contributed by atoms with Crippen LogP contribution in [0.2, 0.25) is 0 Å². The summed E-state index contributed by atoms with van der Waals surface area (Å²) in [6.45, 7) is 12.1. The minimum Gasteiger partial charge on any atom is -0.309 e. The van der Waals surface area contributed by atoms with Gasteiger partial charge in [-0.3, -0.25) is 4.57 Å². The molecule has 11 aromatic rings. The topological polar surface area (TPSA) is 48.5 Å². The maximum atomic E-state index is 5.33. The van der Waals surface area contributed by atoms with Crippen molar-refractivity contribution in [3.63, 3.8) is 0 Å². The highest BCUT2D eigenvalue weighted by Crippen LogP contribution is 2.50. The molecular weight excluding hydrogens is 791 g/mol. The Morgan fingerprint density at radius 3 is 1.60 bits per heavy atom. The summed E-state index contributed by atoms with van der Waals surface area (Å²) in [7, 11) is 0. The molecule has 0 bridgehead atoms. The maximum Gasteiger partial charge on any atom is 0.238 e. The zero-order chi connectivity index (χ0) is 44.0. The Kier molecular flexibility index (Phi) is 8.83. The minimum atomic E-state index is 0.0714. The predicted octanol–water partition coefficient (Wildman–Crippen LogP) is 15.3. The number of aromatic nitrogens is 5. The molecule has 0 saturated heterocycles. The van der Waals surface area contributed by atoms with Gasteiger partial charge in [-0.05, 0) is 81.3 Å². The SMILES string of the molecule is CC1CC(C)(C)c2cc(-c3ccccc3-n3c4ccccc4c4cc5c6ccccc6n(-c6nc(-c7ccccc7)nc(-c7ccc(-c8ccccc8)cc7)n6)c5cc43)ccc2C1(C)C. The van der Waals surface area contributed by atoms with E-state index in [9.17, 15) is 0 Å². The van der Waals surface area contributed by atoms with Crippen molar-refractivity contribution in [2.24, 2.45) is 5.92 Å². The number of nitrogens with zero attached hydrogens (tertiary/aromatic N) is 5. The fourth-order valence-electron chi connectivity index (χ4n) is 10.8. The van der Waals surface area contributed by atoms with Gasteiger partial charge < -0.3 is 4.57 Å². The molecule has 0 aliphatic heterocycles. The van der Waals surface area contributed by atoms with Gasteiger partial charge in [-0.25, -0.2) is 4.98 Å². The van der Waals surface area contributed by atoms with Crippen LogP contribution in [0.25, 0.3) is 100 Å². The van der Waals surface area contributed by atoms with Crippen molar-refractivity contribution in [2.45, 2.75) is 51.9 Å². The van der Waals surface area contributed by atoms with Crippen LogP contribution >= 0.6 is 0 Å². The average Bonchev–Trinajstić information content (AvgIpc) is 3.85. The lowest BCUT2D eigenvalue weighted by molar-refractivity contribution is 0.233. The second-order valence-corrected chi connectivity index (χ2v) is 19.2.